The Morgan fingerprint density at radius 2 is 1.68 bits per heavy atom. The zero-order chi connectivity index (χ0) is 18.0. The fourth-order valence-corrected chi connectivity index (χ4v) is 2.25. The lowest BCUT2D eigenvalue weighted by Crippen LogP contribution is -2.23. The Labute approximate surface area is 139 Å². The van der Waals surface area contributed by atoms with E-state index in [1.165, 1.54) is 42.5 Å². The zero-order valence-electron chi connectivity index (χ0n) is 12.6. The second-order valence-electron chi connectivity index (χ2n) is 5.13. The Bertz CT molecular complexity index is 980. The first-order chi connectivity index (χ1) is 11.9. The third-order valence-corrected chi connectivity index (χ3v) is 3.48. The predicted molar refractivity (Wildman–Crippen MR) is 87.0 cm³/mol. The molecule has 0 bridgehead atoms. The molecule has 25 heavy (non-hydrogen) atoms. The van der Waals surface area contributed by atoms with Crippen LogP contribution in [0.1, 0.15) is 16.2 Å². The number of nitrogens with one attached hydrogen (secondary N) is 2. The van der Waals surface area contributed by atoms with Gasteiger partial charge in [0.15, 0.2) is 0 Å². The summed E-state index contributed by atoms with van der Waals surface area (Å²) in [4.78, 5) is 39.5. The SMILES string of the molecule is O=C(NCc1nc2ccc([N+](=O)[O-])cc2[nH]1)c1ccc([N+](=O)[O-])cc1. The van der Waals surface area contributed by atoms with Crippen LogP contribution in [0.15, 0.2) is 42.5 Å². The third-order valence-electron chi connectivity index (χ3n) is 3.48. The van der Waals surface area contributed by atoms with E-state index in [4.69, 9.17) is 0 Å². The summed E-state index contributed by atoms with van der Waals surface area (Å²) in [6, 6.07) is 9.44. The van der Waals surface area contributed by atoms with Crippen LogP contribution >= 0.6 is 0 Å². The van der Waals surface area contributed by atoms with Gasteiger partial charge in [0.25, 0.3) is 17.3 Å². The molecular weight excluding hydrogens is 330 g/mol. The van der Waals surface area contributed by atoms with Crippen molar-refractivity contribution in [1.82, 2.24) is 15.3 Å². The highest BCUT2D eigenvalue weighted by Crippen LogP contribution is 2.19. The number of carbonyl (C=O) groups is 1. The molecule has 10 nitrogen and oxygen atoms in total. The van der Waals surface area contributed by atoms with E-state index >= 15 is 0 Å². The Morgan fingerprint density at radius 3 is 2.32 bits per heavy atom. The van der Waals surface area contributed by atoms with Crippen LogP contribution in [0.3, 0.4) is 0 Å². The van der Waals surface area contributed by atoms with E-state index in [2.05, 4.69) is 15.3 Å². The van der Waals surface area contributed by atoms with E-state index in [1.54, 1.807) is 0 Å². The van der Waals surface area contributed by atoms with Gasteiger partial charge in [0.05, 0.1) is 27.4 Å². The Balaban J connectivity index is 1.70. The quantitative estimate of drug-likeness (QED) is 0.538. The number of aromatic amines is 1. The molecule has 0 saturated carbocycles. The Morgan fingerprint density at radius 1 is 1.04 bits per heavy atom. The maximum atomic E-state index is 12.0. The molecule has 0 spiro atoms. The number of amides is 1. The third kappa shape index (κ3) is 3.42. The highest BCUT2D eigenvalue weighted by atomic mass is 16.6. The highest BCUT2D eigenvalue weighted by Gasteiger charge is 2.12. The summed E-state index contributed by atoms with van der Waals surface area (Å²) in [7, 11) is 0. The standard InChI is InChI=1S/C15H11N5O5/c21-15(9-1-3-10(4-2-9)19(22)23)16-8-14-17-12-6-5-11(20(24)25)7-13(12)18-14/h1-7H,8H2,(H,16,21)(H,17,18). The van der Waals surface area contributed by atoms with Crippen molar-refractivity contribution >= 4 is 28.3 Å². The number of imidazole rings is 1. The van der Waals surface area contributed by atoms with E-state index in [-0.39, 0.29) is 23.5 Å². The summed E-state index contributed by atoms with van der Waals surface area (Å²) in [5.74, 6) is 0.0205. The molecule has 0 unspecified atom stereocenters. The minimum atomic E-state index is -0.546. The van der Waals surface area contributed by atoms with E-state index in [9.17, 15) is 25.0 Å². The lowest BCUT2D eigenvalue weighted by atomic mass is 10.2. The Kier molecular flexibility index (Phi) is 4.08. The first-order valence-corrected chi connectivity index (χ1v) is 7.10. The second-order valence-corrected chi connectivity index (χ2v) is 5.13. The van der Waals surface area contributed by atoms with Gasteiger partial charge in [-0.25, -0.2) is 4.98 Å². The van der Waals surface area contributed by atoms with Gasteiger partial charge in [-0.2, -0.15) is 0 Å². The number of nitro benzene ring substituents is 2. The van der Waals surface area contributed by atoms with Crippen molar-refractivity contribution in [3.63, 3.8) is 0 Å². The van der Waals surface area contributed by atoms with Gasteiger partial charge >= 0.3 is 0 Å². The summed E-state index contributed by atoms with van der Waals surface area (Å²) in [5.41, 5.74) is 1.16. The second kappa shape index (κ2) is 6.35. The molecule has 0 aliphatic carbocycles. The van der Waals surface area contributed by atoms with Crippen LogP contribution in [-0.2, 0) is 6.54 Å². The first-order valence-electron chi connectivity index (χ1n) is 7.10. The largest absolute Gasteiger partial charge is 0.345 e. The van der Waals surface area contributed by atoms with Gasteiger partial charge in [-0.3, -0.25) is 25.0 Å². The van der Waals surface area contributed by atoms with Gasteiger partial charge in [-0.15, -0.1) is 0 Å². The topological polar surface area (TPSA) is 144 Å². The maximum Gasteiger partial charge on any atom is 0.271 e. The molecule has 0 aliphatic heterocycles. The number of nitro groups is 2. The van der Waals surface area contributed by atoms with E-state index < -0.39 is 15.8 Å². The molecule has 2 aromatic carbocycles. The molecule has 0 atom stereocenters. The van der Waals surface area contributed by atoms with Crippen molar-refractivity contribution in [3.8, 4) is 0 Å². The zero-order valence-corrected chi connectivity index (χ0v) is 12.6. The van der Waals surface area contributed by atoms with Gasteiger partial charge in [0, 0.05) is 29.8 Å². The van der Waals surface area contributed by atoms with Crippen LogP contribution in [-0.4, -0.2) is 25.7 Å². The van der Waals surface area contributed by atoms with Crippen molar-refractivity contribution in [3.05, 3.63) is 74.1 Å². The molecule has 3 aromatic rings. The molecule has 1 aromatic heterocycles. The molecule has 1 heterocycles. The molecule has 0 saturated heterocycles. The summed E-state index contributed by atoms with van der Waals surface area (Å²) in [5, 5.41) is 24.0. The number of benzene rings is 2. The normalized spacial score (nSPS) is 10.6. The number of nitrogens with zero attached hydrogens (tertiary/aromatic N) is 3. The molecule has 1 amide bonds. The molecule has 0 radical (unpaired) electrons. The molecule has 126 valence electrons. The smallest absolute Gasteiger partial charge is 0.271 e. The number of hydrogen-bond acceptors (Lipinski definition) is 6. The van der Waals surface area contributed by atoms with Crippen LogP contribution in [0.5, 0.6) is 0 Å². The number of hydrogen-bond donors (Lipinski definition) is 2. The van der Waals surface area contributed by atoms with Gasteiger partial charge < -0.3 is 10.3 Å². The molecule has 2 N–H and O–H groups in total. The van der Waals surface area contributed by atoms with Crippen LogP contribution in [0.25, 0.3) is 11.0 Å². The average Bonchev–Trinajstić information content (AvgIpc) is 3.01. The molecule has 10 heteroatoms. The van der Waals surface area contributed by atoms with E-state index in [0.717, 1.165) is 0 Å². The van der Waals surface area contributed by atoms with Crippen molar-refractivity contribution in [1.29, 1.82) is 0 Å². The average molecular weight is 341 g/mol. The van der Waals surface area contributed by atoms with Gasteiger partial charge in [0.2, 0.25) is 0 Å². The van der Waals surface area contributed by atoms with Crippen molar-refractivity contribution in [2.45, 2.75) is 6.54 Å². The maximum absolute atomic E-state index is 12.0. The fraction of sp³-hybridized carbons (Fsp3) is 0.0667. The van der Waals surface area contributed by atoms with Crippen LogP contribution < -0.4 is 5.32 Å². The van der Waals surface area contributed by atoms with E-state index in [0.29, 0.717) is 16.9 Å². The predicted octanol–water partition coefficient (Wildman–Crippen LogP) is 2.31. The molecule has 0 fully saturated rings. The monoisotopic (exact) mass is 341 g/mol. The van der Waals surface area contributed by atoms with E-state index in [1.807, 2.05) is 0 Å². The summed E-state index contributed by atoms with van der Waals surface area (Å²) >= 11 is 0. The molecule has 0 aliphatic rings. The van der Waals surface area contributed by atoms with Crippen molar-refractivity contribution < 1.29 is 14.6 Å². The van der Waals surface area contributed by atoms with Gasteiger partial charge in [-0.05, 0) is 18.2 Å². The lowest BCUT2D eigenvalue weighted by molar-refractivity contribution is -0.385. The number of H-pyrrole nitrogens is 1. The number of aromatic nitrogens is 2. The fourth-order valence-electron chi connectivity index (χ4n) is 2.25. The van der Waals surface area contributed by atoms with Crippen LogP contribution in [0.2, 0.25) is 0 Å². The molecular formula is C15H11N5O5. The van der Waals surface area contributed by atoms with Crippen molar-refractivity contribution in [2.24, 2.45) is 0 Å². The Hall–Kier alpha value is -3.82. The first kappa shape index (κ1) is 16.1. The van der Waals surface area contributed by atoms with Crippen LogP contribution in [0, 0.1) is 20.2 Å². The lowest BCUT2D eigenvalue weighted by Gasteiger charge is -2.02. The van der Waals surface area contributed by atoms with Crippen molar-refractivity contribution in [2.75, 3.05) is 0 Å². The minimum absolute atomic E-state index is 0.0578. The minimum Gasteiger partial charge on any atom is -0.345 e. The van der Waals surface area contributed by atoms with Gasteiger partial charge in [-0.1, -0.05) is 0 Å². The summed E-state index contributed by atoms with van der Waals surface area (Å²) in [6.07, 6.45) is 0. The summed E-state index contributed by atoms with van der Waals surface area (Å²) in [6.45, 7) is 0.0816. The number of carbonyl (C=O) groups excluding carboxylic acids is 1. The summed E-state index contributed by atoms with van der Waals surface area (Å²) < 4.78 is 0. The highest BCUT2D eigenvalue weighted by molar-refractivity contribution is 5.94. The number of rotatable bonds is 5. The number of fused-ring (bicyclic) bond motifs is 1. The number of non-ortho nitro benzene ring substituents is 2. The molecule has 3 rings (SSSR count). The van der Waals surface area contributed by atoms with Crippen LogP contribution in [0.4, 0.5) is 11.4 Å². The van der Waals surface area contributed by atoms with Gasteiger partial charge in [0.1, 0.15) is 5.82 Å².